The third-order valence-corrected chi connectivity index (χ3v) is 11.7. The number of benzene rings is 5. The largest absolute Gasteiger partial charge is 0.494 e. The fourth-order valence-electron chi connectivity index (χ4n) is 5.98. The zero-order chi connectivity index (χ0) is 33.7. The highest BCUT2D eigenvalue weighted by molar-refractivity contribution is 7.91. The van der Waals surface area contributed by atoms with Crippen LogP contribution in [0.1, 0.15) is 48.5 Å². The molecule has 0 aliphatic carbocycles. The van der Waals surface area contributed by atoms with Gasteiger partial charge in [0.05, 0.1) is 6.61 Å². The normalized spacial score (nSPS) is 15.2. The van der Waals surface area contributed by atoms with Gasteiger partial charge in [-0.15, -0.1) is 0 Å². The minimum absolute atomic E-state index is 0.309. The van der Waals surface area contributed by atoms with Gasteiger partial charge in [-0.2, -0.15) is 0 Å². The average molecular weight is 673 g/mol. The van der Waals surface area contributed by atoms with Crippen LogP contribution in [0.2, 0.25) is 0 Å². The van der Waals surface area contributed by atoms with E-state index in [-0.39, 0.29) is 6.17 Å². The third-order valence-electron chi connectivity index (χ3n) is 8.64. The minimum atomic E-state index is -3.18. The predicted octanol–water partition coefficient (Wildman–Crippen LogP) is 7.15. The Bertz CT molecular complexity index is 1760. The molecule has 250 valence electrons. The number of guanidine groups is 2. The Hall–Kier alpha value is -5.00. The molecule has 0 saturated carbocycles. The smallest absolute Gasteiger partial charge is 0.298 e. The first kappa shape index (κ1) is 33.9. The number of hydrogen-bond acceptors (Lipinski definition) is 4. The third kappa shape index (κ3) is 9.13. The molecule has 0 saturated heterocycles. The maximum Gasteiger partial charge on any atom is 0.298 e. The van der Waals surface area contributed by atoms with Crippen LogP contribution in [0.3, 0.4) is 0 Å². The molecule has 0 fully saturated rings. The Morgan fingerprint density at radius 1 is 0.653 bits per heavy atom. The van der Waals surface area contributed by atoms with Crippen LogP contribution >= 0.6 is 7.57 Å². The number of ether oxygens (including phenoxy) is 1. The van der Waals surface area contributed by atoms with Crippen molar-refractivity contribution in [2.45, 2.75) is 44.7 Å². The molecule has 1 atom stereocenters. The second-order valence-corrected chi connectivity index (χ2v) is 14.9. The fraction of sp³-hybridized carbons (Fsp3) is 0.220. The molecular weight excluding hydrogens is 628 g/mol. The molecule has 8 heteroatoms. The van der Waals surface area contributed by atoms with Gasteiger partial charge in [0.25, 0.3) is 7.57 Å². The van der Waals surface area contributed by atoms with Crippen molar-refractivity contribution in [3.8, 4) is 5.75 Å². The van der Waals surface area contributed by atoms with Gasteiger partial charge in [0, 0.05) is 6.54 Å². The minimum Gasteiger partial charge on any atom is -0.494 e. The highest BCUT2D eigenvalue weighted by Gasteiger charge is 2.47. The Kier molecular flexibility index (Phi) is 11.7. The van der Waals surface area contributed by atoms with Crippen molar-refractivity contribution in [1.29, 1.82) is 0 Å². The first-order chi connectivity index (χ1) is 24.1. The van der Waals surface area contributed by atoms with E-state index in [0.29, 0.717) is 25.1 Å². The highest BCUT2D eigenvalue weighted by Crippen LogP contribution is 2.56. The maximum atomic E-state index is 17.0. The number of hydrogen-bond donors (Lipinski definition) is 3. The quantitative estimate of drug-likeness (QED) is 0.0815. The lowest BCUT2D eigenvalue weighted by atomic mass is 10.1. The lowest BCUT2D eigenvalue weighted by Crippen LogP contribution is -2.50. The van der Waals surface area contributed by atoms with Crippen molar-refractivity contribution >= 4 is 35.4 Å². The Morgan fingerprint density at radius 2 is 1.22 bits per heavy atom. The highest BCUT2D eigenvalue weighted by atomic mass is 31.2. The number of nitrogens with one attached hydrogen (secondary N) is 2. The van der Waals surface area contributed by atoms with Crippen LogP contribution in [0.5, 0.6) is 5.75 Å². The SMILES string of the molecule is NC1=NC(c2ccc(OCCCCCCc3ccc([P+](F)(c4ccccc4)c4ccccc4)cc3)cc2)NC(=NCCc2ccccc2)N1. The van der Waals surface area contributed by atoms with Gasteiger partial charge in [0.15, 0.2) is 18.1 Å². The van der Waals surface area contributed by atoms with Gasteiger partial charge in [-0.1, -0.05) is 104 Å². The number of nitrogens with zero attached hydrogens (tertiary/aromatic N) is 2. The van der Waals surface area contributed by atoms with Gasteiger partial charge in [0.2, 0.25) is 0 Å². The molecule has 6 nitrogen and oxygen atoms in total. The van der Waals surface area contributed by atoms with Gasteiger partial charge >= 0.3 is 0 Å². The van der Waals surface area contributed by atoms with E-state index in [4.69, 9.17) is 10.5 Å². The lowest BCUT2D eigenvalue weighted by molar-refractivity contribution is 0.304. The van der Waals surface area contributed by atoms with E-state index in [1.54, 1.807) is 0 Å². The molecule has 1 unspecified atom stereocenters. The molecule has 0 spiro atoms. The zero-order valence-electron chi connectivity index (χ0n) is 27.7. The van der Waals surface area contributed by atoms with Crippen LogP contribution in [-0.4, -0.2) is 25.1 Å². The van der Waals surface area contributed by atoms with Crippen LogP contribution in [0, 0.1) is 0 Å². The standard InChI is InChI=1S/C41H44FN5OP/c42-49(36-17-9-4-10-18-36,37-19-11-5-12-20-37)38-27-21-33(22-28-38)16-6-1-2-13-31-48-35-25-23-34(24-26-35)39-45-40(43)47-41(46-39)44-30-29-32-14-7-3-8-15-32/h3-5,7-12,14-15,17-28,39H,1-2,6,13,16,29-31H2,(H4,43,44,45,46,47)/q+1. The summed E-state index contributed by atoms with van der Waals surface area (Å²) in [4.78, 5) is 9.14. The van der Waals surface area contributed by atoms with Crippen LogP contribution < -0.4 is 37.0 Å². The second-order valence-electron chi connectivity index (χ2n) is 12.2. The summed E-state index contributed by atoms with van der Waals surface area (Å²) in [5.74, 6) is 1.80. The van der Waals surface area contributed by atoms with Crippen molar-refractivity contribution in [2.75, 3.05) is 13.2 Å². The van der Waals surface area contributed by atoms with E-state index < -0.39 is 7.57 Å². The average Bonchev–Trinajstić information content (AvgIpc) is 3.15. The maximum absolute atomic E-state index is 17.0. The van der Waals surface area contributed by atoms with Crippen LogP contribution in [-0.2, 0) is 12.8 Å². The second kappa shape index (κ2) is 16.9. The predicted molar refractivity (Wildman–Crippen MR) is 203 cm³/mol. The summed E-state index contributed by atoms with van der Waals surface area (Å²) in [6, 6.07) is 45.6. The molecule has 1 aliphatic heterocycles. The van der Waals surface area contributed by atoms with E-state index in [9.17, 15) is 0 Å². The Labute approximate surface area is 289 Å². The van der Waals surface area contributed by atoms with Gasteiger partial charge in [-0.3, -0.25) is 10.3 Å². The topological polar surface area (TPSA) is 84.0 Å². The number of rotatable bonds is 15. The molecule has 6 rings (SSSR count). The molecule has 4 N–H and O–H groups in total. The summed E-state index contributed by atoms with van der Waals surface area (Å²) in [5, 5.41) is 8.61. The van der Waals surface area contributed by atoms with E-state index in [1.807, 2.05) is 115 Å². The fourth-order valence-corrected chi connectivity index (χ4v) is 8.60. The summed E-state index contributed by atoms with van der Waals surface area (Å²) >= 11 is 0. The van der Waals surface area contributed by atoms with Crippen LogP contribution in [0.25, 0.3) is 0 Å². The molecule has 0 bridgehead atoms. The molecule has 1 aliphatic rings. The van der Waals surface area contributed by atoms with Gasteiger partial charge in [0.1, 0.15) is 21.7 Å². The first-order valence-corrected chi connectivity index (χ1v) is 18.7. The van der Waals surface area contributed by atoms with Gasteiger partial charge < -0.3 is 15.8 Å². The summed E-state index contributed by atoms with van der Waals surface area (Å²) in [6.07, 6.45) is 5.81. The molecular formula is C41H44FN5OP+. The van der Waals surface area contributed by atoms with Crippen molar-refractivity contribution in [2.24, 2.45) is 15.7 Å². The van der Waals surface area contributed by atoms with Crippen molar-refractivity contribution in [3.63, 3.8) is 0 Å². The van der Waals surface area contributed by atoms with E-state index in [0.717, 1.165) is 65.8 Å². The van der Waals surface area contributed by atoms with Crippen LogP contribution in [0.15, 0.2) is 150 Å². The first-order valence-electron chi connectivity index (χ1n) is 17.1. The lowest BCUT2D eigenvalue weighted by Gasteiger charge is -2.24. The summed E-state index contributed by atoms with van der Waals surface area (Å²) in [5.41, 5.74) is 9.53. The van der Waals surface area contributed by atoms with Crippen molar-refractivity contribution < 1.29 is 8.93 Å². The zero-order valence-corrected chi connectivity index (χ0v) is 28.6. The van der Waals surface area contributed by atoms with Crippen LogP contribution in [0.4, 0.5) is 4.20 Å². The molecule has 5 aromatic rings. The summed E-state index contributed by atoms with van der Waals surface area (Å²) < 4.78 is 23.0. The summed E-state index contributed by atoms with van der Waals surface area (Å²) in [7, 11) is -3.18. The number of halogens is 1. The molecule has 0 amide bonds. The number of unbranched alkanes of at least 4 members (excludes halogenated alkanes) is 3. The Balaban J connectivity index is 0.917. The molecule has 1 heterocycles. The molecule has 0 radical (unpaired) electrons. The summed E-state index contributed by atoms with van der Waals surface area (Å²) in [6.45, 7) is 1.32. The van der Waals surface area contributed by atoms with E-state index in [1.165, 1.54) is 11.1 Å². The van der Waals surface area contributed by atoms with Gasteiger partial charge in [-0.25, -0.2) is 4.99 Å². The number of aryl methyl sites for hydroxylation is 1. The van der Waals surface area contributed by atoms with Crippen molar-refractivity contribution in [3.05, 3.63) is 156 Å². The van der Waals surface area contributed by atoms with Gasteiger partial charge in [-0.05, 0) is 95.1 Å². The molecule has 0 aromatic heterocycles. The molecule has 49 heavy (non-hydrogen) atoms. The van der Waals surface area contributed by atoms with E-state index in [2.05, 4.69) is 44.9 Å². The Morgan fingerprint density at radius 3 is 1.88 bits per heavy atom. The molecule has 5 aromatic carbocycles. The number of aliphatic imine (C=N–C) groups is 2. The number of nitrogens with two attached hydrogens (primary N) is 1. The monoisotopic (exact) mass is 672 g/mol. The van der Waals surface area contributed by atoms with E-state index >= 15 is 4.20 Å². The van der Waals surface area contributed by atoms with Crippen molar-refractivity contribution in [1.82, 2.24) is 10.6 Å².